The number of aromatic amines is 1. The van der Waals surface area contributed by atoms with Crippen LogP contribution in [0.15, 0.2) is 40.8 Å². The number of aromatic nitrogens is 4. The number of hydrogen-bond donors (Lipinski definition) is 1. The Morgan fingerprint density at radius 2 is 1.96 bits per heavy atom. The van der Waals surface area contributed by atoms with Gasteiger partial charge in [0.05, 0.1) is 12.2 Å². The van der Waals surface area contributed by atoms with Gasteiger partial charge in [0.25, 0.3) is 0 Å². The molecule has 130 valence electrons. The second-order valence-corrected chi connectivity index (χ2v) is 6.75. The fraction of sp³-hybridized carbons (Fsp3) is 0.421. The Labute approximate surface area is 147 Å². The Hall–Kier alpha value is -2.47. The van der Waals surface area contributed by atoms with Crippen molar-refractivity contribution >= 4 is 0 Å². The highest BCUT2D eigenvalue weighted by Gasteiger charge is 2.23. The number of nitrogens with one attached hydrogen (secondary N) is 1. The van der Waals surface area contributed by atoms with Gasteiger partial charge in [0, 0.05) is 25.0 Å². The number of piperidine rings is 1. The van der Waals surface area contributed by atoms with Crippen molar-refractivity contribution in [3.63, 3.8) is 0 Å². The maximum Gasteiger partial charge on any atom is 0.230 e. The molecule has 6 heteroatoms. The van der Waals surface area contributed by atoms with Crippen molar-refractivity contribution in [1.29, 1.82) is 0 Å². The largest absolute Gasteiger partial charge is 0.424 e. The van der Waals surface area contributed by atoms with Gasteiger partial charge in [-0.3, -0.25) is 10.00 Å². The smallest absolute Gasteiger partial charge is 0.230 e. The maximum absolute atomic E-state index is 5.48. The first-order chi connectivity index (χ1) is 12.3. The summed E-state index contributed by atoms with van der Waals surface area (Å²) < 4.78 is 5.48. The summed E-state index contributed by atoms with van der Waals surface area (Å²) >= 11 is 0. The standard InChI is InChI=1S/C19H23N5O/c1-14-20-23-19(25-14)13-24-9-7-16(8-10-24)18-12-17(21-22-18)11-15-5-3-2-4-6-15/h2-6,12,16H,7-11,13H2,1H3,(H,21,22). The van der Waals surface area contributed by atoms with Gasteiger partial charge in [-0.15, -0.1) is 10.2 Å². The second kappa shape index (κ2) is 7.19. The Balaban J connectivity index is 1.32. The zero-order valence-corrected chi connectivity index (χ0v) is 14.5. The van der Waals surface area contributed by atoms with Crippen LogP contribution in [-0.4, -0.2) is 38.4 Å². The van der Waals surface area contributed by atoms with Crippen LogP contribution in [0.5, 0.6) is 0 Å². The number of likely N-dealkylation sites (tertiary alicyclic amines) is 1. The summed E-state index contributed by atoms with van der Waals surface area (Å²) in [5.74, 6) is 1.87. The normalized spacial score (nSPS) is 16.4. The van der Waals surface area contributed by atoms with E-state index < -0.39 is 0 Å². The second-order valence-electron chi connectivity index (χ2n) is 6.75. The van der Waals surface area contributed by atoms with E-state index in [-0.39, 0.29) is 0 Å². The van der Waals surface area contributed by atoms with Crippen LogP contribution in [0.3, 0.4) is 0 Å². The maximum atomic E-state index is 5.48. The highest BCUT2D eigenvalue weighted by molar-refractivity contribution is 5.23. The van der Waals surface area contributed by atoms with Crippen LogP contribution in [0, 0.1) is 6.92 Å². The summed E-state index contributed by atoms with van der Waals surface area (Å²) in [5.41, 5.74) is 3.69. The number of aryl methyl sites for hydroxylation is 1. The molecule has 1 aromatic carbocycles. The van der Waals surface area contributed by atoms with Gasteiger partial charge in [0.15, 0.2) is 0 Å². The summed E-state index contributed by atoms with van der Waals surface area (Å²) in [6.45, 7) is 4.64. The minimum Gasteiger partial charge on any atom is -0.424 e. The van der Waals surface area contributed by atoms with Gasteiger partial charge in [-0.2, -0.15) is 5.10 Å². The molecule has 0 saturated carbocycles. The molecule has 1 aliphatic heterocycles. The Morgan fingerprint density at radius 1 is 1.16 bits per heavy atom. The van der Waals surface area contributed by atoms with Crippen LogP contribution >= 0.6 is 0 Å². The van der Waals surface area contributed by atoms with Crippen molar-refractivity contribution in [1.82, 2.24) is 25.3 Å². The lowest BCUT2D eigenvalue weighted by Crippen LogP contribution is -2.32. The summed E-state index contributed by atoms with van der Waals surface area (Å²) in [6.07, 6.45) is 3.13. The predicted octanol–water partition coefficient (Wildman–Crippen LogP) is 3.07. The molecule has 1 N–H and O–H groups in total. The highest BCUT2D eigenvalue weighted by atomic mass is 16.4. The van der Waals surface area contributed by atoms with Gasteiger partial charge in [-0.05, 0) is 37.6 Å². The third-order valence-corrected chi connectivity index (χ3v) is 4.82. The van der Waals surface area contributed by atoms with Gasteiger partial charge in [-0.1, -0.05) is 30.3 Å². The average molecular weight is 337 g/mol. The van der Waals surface area contributed by atoms with E-state index in [1.165, 1.54) is 17.0 Å². The quantitative estimate of drug-likeness (QED) is 0.775. The number of hydrogen-bond acceptors (Lipinski definition) is 5. The van der Waals surface area contributed by atoms with Crippen LogP contribution < -0.4 is 0 Å². The van der Waals surface area contributed by atoms with Crippen LogP contribution in [0.1, 0.15) is 47.5 Å². The Morgan fingerprint density at radius 3 is 2.68 bits per heavy atom. The molecule has 0 bridgehead atoms. The summed E-state index contributed by atoms with van der Waals surface area (Å²) in [5, 5.41) is 15.8. The first-order valence-electron chi connectivity index (χ1n) is 8.86. The van der Waals surface area contributed by atoms with E-state index in [2.05, 4.69) is 55.6 Å². The first kappa shape index (κ1) is 16.0. The molecule has 6 nitrogen and oxygen atoms in total. The fourth-order valence-electron chi connectivity index (χ4n) is 3.47. The highest BCUT2D eigenvalue weighted by Crippen LogP contribution is 2.28. The van der Waals surface area contributed by atoms with Crippen molar-refractivity contribution in [2.75, 3.05) is 13.1 Å². The van der Waals surface area contributed by atoms with Crippen molar-refractivity contribution in [2.24, 2.45) is 0 Å². The average Bonchev–Trinajstić information content (AvgIpc) is 3.26. The van der Waals surface area contributed by atoms with Crippen molar-refractivity contribution in [3.05, 3.63) is 65.1 Å². The van der Waals surface area contributed by atoms with Crippen LogP contribution in [-0.2, 0) is 13.0 Å². The van der Waals surface area contributed by atoms with E-state index >= 15 is 0 Å². The van der Waals surface area contributed by atoms with Gasteiger partial charge >= 0.3 is 0 Å². The third kappa shape index (κ3) is 3.96. The molecule has 1 saturated heterocycles. The minimum atomic E-state index is 0.529. The van der Waals surface area contributed by atoms with Crippen molar-refractivity contribution < 1.29 is 4.42 Å². The molecule has 1 aliphatic rings. The van der Waals surface area contributed by atoms with Gasteiger partial charge in [-0.25, -0.2) is 0 Å². The molecule has 2 aromatic heterocycles. The summed E-state index contributed by atoms with van der Waals surface area (Å²) in [7, 11) is 0. The van der Waals surface area contributed by atoms with Crippen LogP contribution in [0.2, 0.25) is 0 Å². The molecule has 0 atom stereocenters. The van der Waals surface area contributed by atoms with E-state index in [1.54, 1.807) is 0 Å². The molecule has 0 unspecified atom stereocenters. The lowest BCUT2D eigenvalue weighted by atomic mass is 9.93. The number of H-pyrrole nitrogens is 1. The number of benzene rings is 1. The summed E-state index contributed by atoms with van der Waals surface area (Å²) in [6, 6.07) is 12.7. The molecule has 4 rings (SSSR count). The summed E-state index contributed by atoms with van der Waals surface area (Å²) in [4.78, 5) is 2.38. The minimum absolute atomic E-state index is 0.529. The molecule has 0 spiro atoms. The van der Waals surface area contributed by atoms with Crippen molar-refractivity contribution in [3.8, 4) is 0 Å². The number of rotatable bonds is 5. The first-order valence-corrected chi connectivity index (χ1v) is 8.86. The SMILES string of the molecule is Cc1nnc(CN2CCC(c3cc(Cc4ccccc4)[nH]n3)CC2)o1. The van der Waals surface area contributed by atoms with Crippen LogP contribution in [0.25, 0.3) is 0 Å². The Bertz CT molecular complexity index is 802. The Kier molecular flexibility index (Phi) is 4.61. The number of nitrogens with zero attached hydrogens (tertiary/aromatic N) is 4. The zero-order chi connectivity index (χ0) is 17.1. The third-order valence-electron chi connectivity index (χ3n) is 4.82. The van der Waals surface area contributed by atoms with E-state index in [9.17, 15) is 0 Å². The van der Waals surface area contributed by atoms with Crippen molar-refractivity contribution in [2.45, 2.75) is 38.6 Å². The van der Waals surface area contributed by atoms with Gasteiger partial charge in [0.1, 0.15) is 0 Å². The van der Waals surface area contributed by atoms with E-state index in [0.29, 0.717) is 17.7 Å². The molecule has 1 fully saturated rings. The monoisotopic (exact) mass is 337 g/mol. The molecule has 3 heterocycles. The fourth-order valence-corrected chi connectivity index (χ4v) is 3.47. The zero-order valence-electron chi connectivity index (χ0n) is 14.5. The lowest BCUT2D eigenvalue weighted by Gasteiger charge is -2.30. The molecule has 0 amide bonds. The topological polar surface area (TPSA) is 70.8 Å². The van der Waals surface area contributed by atoms with Gasteiger partial charge < -0.3 is 4.42 Å². The molecular formula is C19H23N5O. The molecule has 3 aromatic rings. The molecule has 25 heavy (non-hydrogen) atoms. The molecule has 0 aliphatic carbocycles. The molecular weight excluding hydrogens is 314 g/mol. The van der Waals surface area contributed by atoms with Crippen LogP contribution in [0.4, 0.5) is 0 Å². The van der Waals surface area contributed by atoms with E-state index in [0.717, 1.165) is 38.9 Å². The van der Waals surface area contributed by atoms with E-state index in [1.807, 2.05) is 13.0 Å². The lowest BCUT2D eigenvalue weighted by molar-refractivity contribution is 0.185. The molecule has 0 radical (unpaired) electrons. The predicted molar refractivity (Wildman–Crippen MR) is 94.1 cm³/mol. The van der Waals surface area contributed by atoms with Gasteiger partial charge in [0.2, 0.25) is 11.8 Å². The van der Waals surface area contributed by atoms with E-state index in [4.69, 9.17) is 4.42 Å².